The molecule has 1 aromatic rings. The molecule has 2 bridgehead atoms. The number of pyridine rings is 1. The molecular formula is C17H26N4O2. The number of carbonyl (C=O) groups excluding carboxylic acids is 1. The predicted octanol–water partition coefficient (Wildman–Crippen LogP) is 2.36. The molecule has 126 valence electrons. The van der Waals surface area contributed by atoms with Crippen molar-refractivity contribution in [2.45, 2.75) is 32.8 Å². The van der Waals surface area contributed by atoms with Crippen molar-refractivity contribution in [1.29, 1.82) is 0 Å². The van der Waals surface area contributed by atoms with Gasteiger partial charge in [0.2, 0.25) is 0 Å². The minimum absolute atomic E-state index is 0.185. The molecule has 0 radical (unpaired) electrons. The summed E-state index contributed by atoms with van der Waals surface area (Å²) in [5, 5.41) is 0. The number of likely N-dealkylation sites (tertiary alicyclic amines) is 1. The van der Waals surface area contributed by atoms with Crippen LogP contribution in [0.4, 0.5) is 16.3 Å². The lowest BCUT2D eigenvalue weighted by Crippen LogP contribution is -2.55. The first kappa shape index (κ1) is 15.9. The highest BCUT2D eigenvalue weighted by molar-refractivity contribution is 5.68. The topological polar surface area (TPSA) is 71.7 Å². The van der Waals surface area contributed by atoms with Crippen LogP contribution < -0.4 is 10.6 Å². The summed E-state index contributed by atoms with van der Waals surface area (Å²) >= 11 is 0. The normalized spacial score (nSPS) is 24.5. The molecule has 0 spiro atoms. The molecule has 23 heavy (non-hydrogen) atoms. The Balaban J connectivity index is 1.64. The van der Waals surface area contributed by atoms with Crippen LogP contribution in [0.3, 0.4) is 0 Å². The second-order valence-electron chi connectivity index (χ2n) is 7.70. The SMILES string of the molecule is CC(C)(C)OC(=O)N1CC2CC(C1)CN(c1ccc(N)nc1)C2. The lowest BCUT2D eigenvalue weighted by molar-refractivity contribution is 0.00762. The van der Waals surface area contributed by atoms with E-state index in [0.717, 1.165) is 31.9 Å². The third-order valence-corrected chi connectivity index (χ3v) is 4.37. The summed E-state index contributed by atoms with van der Waals surface area (Å²) in [6, 6.07) is 3.86. The number of ether oxygens (including phenoxy) is 1. The van der Waals surface area contributed by atoms with Crippen LogP contribution in [0.15, 0.2) is 18.3 Å². The van der Waals surface area contributed by atoms with Gasteiger partial charge in [0.25, 0.3) is 0 Å². The van der Waals surface area contributed by atoms with E-state index in [1.54, 1.807) is 0 Å². The summed E-state index contributed by atoms with van der Waals surface area (Å²) in [5.74, 6) is 1.50. The van der Waals surface area contributed by atoms with Crippen LogP contribution in [-0.2, 0) is 4.74 Å². The molecule has 2 aliphatic heterocycles. The Kier molecular flexibility index (Phi) is 4.08. The molecule has 2 atom stereocenters. The molecule has 1 aromatic heterocycles. The quantitative estimate of drug-likeness (QED) is 0.860. The van der Waals surface area contributed by atoms with Gasteiger partial charge in [-0.2, -0.15) is 0 Å². The molecule has 2 aliphatic rings. The van der Waals surface area contributed by atoms with Crippen molar-refractivity contribution >= 4 is 17.6 Å². The minimum Gasteiger partial charge on any atom is -0.444 e. The van der Waals surface area contributed by atoms with Gasteiger partial charge in [-0.05, 0) is 51.2 Å². The number of amides is 1. The number of rotatable bonds is 1. The molecule has 6 nitrogen and oxygen atoms in total. The smallest absolute Gasteiger partial charge is 0.410 e. The molecule has 3 rings (SSSR count). The zero-order chi connectivity index (χ0) is 16.6. The van der Waals surface area contributed by atoms with Gasteiger partial charge in [-0.3, -0.25) is 0 Å². The van der Waals surface area contributed by atoms with Crippen LogP contribution in [0.25, 0.3) is 0 Å². The number of piperidine rings is 2. The highest BCUT2D eigenvalue weighted by Gasteiger charge is 2.37. The standard InChI is InChI=1S/C17H26N4O2/c1-17(2,3)23-16(22)21-10-12-6-13(11-21)9-20(8-12)14-4-5-15(18)19-7-14/h4-5,7,12-13H,6,8-11H2,1-3H3,(H2,18,19). The first-order chi connectivity index (χ1) is 10.8. The Morgan fingerprint density at radius 3 is 2.39 bits per heavy atom. The Bertz CT molecular complexity index is 553. The maximum absolute atomic E-state index is 12.3. The number of carbonyl (C=O) groups is 1. The first-order valence-corrected chi connectivity index (χ1v) is 8.24. The van der Waals surface area contributed by atoms with Crippen molar-refractivity contribution < 1.29 is 9.53 Å². The van der Waals surface area contributed by atoms with Crippen molar-refractivity contribution in [3.8, 4) is 0 Å². The molecule has 2 N–H and O–H groups in total. The van der Waals surface area contributed by atoms with Gasteiger partial charge in [0.15, 0.2) is 0 Å². The van der Waals surface area contributed by atoms with E-state index < -0.39 is 5.60 Å². The maximum Gasteiger partial charge on any atom is 0.410 e. The molecule has 2 saturated heterocycles. The highest BCUT2D eigenvalue weighted by Crippen LogP contribution is 2.32. The summed E-state index contributed by atoms with van der Waals surface area (Å²) in [7, 11) is 0. The van der Waals surface area contributed by atoms with Gasteiger partial charge in [0.05, 0.1) is 11.9 Å². The van der Waals surface area contributed by atoms with E-state index in [-0.39, 0.29) is 6.09 Å². The van der Waals surface area contributed by atoms with Crippen molar-refractivity contribution in [1.82, 2.24) is 9.88 Å². The Morgan fingerprint density at radius 1 is 1.22 bits per heavy atom. The van der Waals surface area contributed by atoms with Gasteiger partial charge in [-0.15, -0.1) is 0 Å². The van der Waals surface area contributed by atoms with Crippen molar-refractivity contribution in [3.63, 3.8) is 0 Å². The highest BCUT2D eigenvalue weighted by atomic mass is 16.6. The van der Waals surface area contributed by atoms with Crippen LogP contribution in [0.1, 0.15) is 27.2 Å². The lowest BCUT2D eigenvalue weighted by Gasteiger charge is -2.46. The molecule has 2 unspecified atom stereocenters. The molecule has 6 heteroatoms. The van der Waals surface area contributed by atoms with Gasteiger partial charge in [-0.1, -0.05) is 0 Å². The maximum atomic E-state index is 12.3. The molecule has 0 aliphatic carbocycles. The van der Waals surface area contributed by atoms with E-state index in [4.69, 9.17) is 10.5 Å². The Morgan fingerprint density at radius 2 is 1.87 bits per heavy atom. The van der Waals surface area contributed by atoms with Crippen LogP contribution in [-0.4, -0.2) is 47.8 Å². The Labute approximate surface area is 137 Å². The molecular weight excluding hydrogens is 292 g/mol. The number of aromatic nitrogens is 1. The second-order valence-corrected chi connectivity index (χ2v) is 7.70. The van der Waals surface area contributed by atoms with Crippen LogP contribution in [0, 0.1) is 11.8 Å². The van der Waals surface area contributed by atoms with Gasteiger partial charge in [0, 0.05) is 26.2 Å². The summed E-state index contributed by atoms with van der Waals surface area (Å²) < 4.78 is 5.52. The van der Waals surface area contributed by atoms with E-state index in [0.29, 0.717) is 17.7 Å². The number of nitrogens with zero attached hydrogens (tertiary/aromatic N) is 3. The fraction of sp³-hybridized carbons (Fsp3) is 0.647. The zero-order valence-electron chi connectivity index (χ0n) is 14.2. The van der Waals surface area contributed by atoms with E-state index in [1.807, 2.05) is 44.0 Å². The van der Waals surface area contributed by atoms with Gasteiger partial charge < -0.3 is 20.3 Å². The minimum atomic E-state index is -0.439. The number of hydrogen-bond acceptors (Lipinski definition) is 5. The average molecular weight is 318 g/mol. The Hall–Kier alpha value is -1.98. The number of nitrogens with two attached hydrogens (primary N) is 1. The van der Waals surface area contributed by atoms with Gasteiger partial charge >= 0.3 is 6.09 Å². The van der Waals surface area contributed by atoms with Gasteiger partial charge in [-0.25, -0.2) is 9.78 Å². The molecule has 2 fully saturated rings. The fourth-order valence-electron chi connectivity index (χ4n) is 3.55. The monoisotopic (exact) mass is 318 g/mol. The van der Waals surface area contributed by atoms with E-state index >= 15 is 0 Å². The van der Waals surface area contributed by atoms with Crippen LogP contribution in [0.2, 0.25) is 0 Å². The summed E-state index contributed by atoms with van der Waals surface area (Å²) in [5.41, 5.74) is 6.33. The number of anilines is 2. The fourth-order valence-corrected chi connectivity index (χ4v) is 3.55. The summed E-state index contributed by atoms with van der Waals surface area (Å²) in [4.78, 5) is 20.7. The average Bonchev–Trinajstić information content (AvgIpc) is 2.45. The molecule has 3 heterocycles. The first-order valence-electron chi connectivity index (χ1n) is 8.24. The van der Waals surface area contributed by atoms with Gasteiger partial charge in [0.1, 0.15) is 11.4 Å². The number of fused-ring (bicyclic) bond motifs is 2. The van der Waals surface area contributed by atoms with E-state index in [1.165, 1.54) is 6.42 Å². The van der Waals surface area contributed by atoms with Crippen LogP contribution in [0.5, 0.6) is 0 Å². The second kappa shape index (κ2) is 5.91. The summed E-state index contributed by atoms with van der Waals surface area (Å²) in [6.45, 7) is 9.15. The predicted molar refractivity (Wildman–Crippen MR) is 90.3 cm³/mol. The van der Waals surface area contributed by atoms with Crippen molar-refractivity contribution in [3.05, 3.63) is 18.3 Å². The van der Waals surface area contributed by atoms with E-state index in [2.05, 4.69) is 9.88 Å². The van der Waals surface area contributed by atoms with Crippen molar-refractivity contribution in [2.75, 3.05) is 36.8 Å². The third kappa shape index (κ3) is 3.86. The third-order valence-electron chi connectivity index (χ3n) is 4.37. The van der Waals surface area contributed by atoms with E-state index in [9.17, 15) is 4.79 Å². The summed E-state index contributed by atoms with van der Waals surface area (Å²) in [6.07, 6.45) is 2.83. The molecule has 0 aromatic carbocycles. The van der Waals surface area contributed by atoms with Crippen molar-refractivity contribution in [2.24, 2.45) is 11.8 Å². The number of nitrogen functional groups attached to an aromatic ring is 1. The lowest BCUT2D eigenvalue weighted by atomic mass is 9.84. The van der Waals surface area contributed by atoms with Crippen LogP contribution >= 0.6 is 0 Å². The zero-order valence-corrected chi connectivity index (χ0v) is 14.2. The molecule has 1 amide bonds. The largest absolute Gasteiger partial charge is 0.444 e. The molecule has 0 saturated carbocycles. The number of hydrogen-bond donors (Lipinski definition) is 1.